The first-order valence-corrected chi connectivity index (χ1v) is 17.5. The van der Waals surface area contributed by atoms with E-state index in [2.05, 4.69) is 22.9 Å². The molecule has 0 fully saturated rings. The van der Waals surface area contributed by atoms with Crippen molar-refractivity contribution in [1.29, 1.82) is 0 Å². The van der Waals surface area contributed by atoms with Crippen LogP contribution in [0.4, 0.5) is 0 Å². The van der Waals surface area contributed by atoms with Crippen LogP contribution in [0, 0.1) is 0 Å². The Hall–Kier alpha value is -3.40. The van der Waals surface area contributed by atoms with E-state index >= 15 is 0 Å². The summed E-state index contributed by atoms with van der Waals surface area (Å²) >= 11 is 0.875. The molecule has 0 aliphatic carbocycles. The first-order valence-electron chi connectivity index (χ1n) is 16.4. The van der Waals surface area contributed by atoms with E-state index in [1.54, 1.807) is 0 Å². The molecule has 0 heterocycles. The topological polar surface area (TPSA) is 257 Å². The van der Waals surface area contributed by atoms with Gasteiger partial charge >= 0.3 is 17.9 Å². The molecule has 47 heavy (non-hydrogen) atoms. The van der Waals surface area contributed by atoms with Gasteiger partial charge in [0, 0.05) is 24.3 Å². The first-order chi connectivity index (χ1) is 22.2. The molecule has 0 rings (SSSR count). The summed E-state index contributed by atoms with van der Waals surface area (Å²) in [6.07, 6.45) is 10.5. The summed E-state index contributed by atoms with van der Waals surface area (Å²) in [5.41, 5.74) is 10.7. The third-order valence-electron chi connectivity index (χ3n) is 7.22. The van der Waals surface area contributed by atoms with E-state index < -0.39 is 65.9 Å². The molecule has 9 N–H and O–H groups in total. The van der Waals surface area contributed by atoms with Crippen LogP contribution in [0.3, 0.4) is 0 Å². The Bertz CT molecular complexity index is 1020. The molecule has 5 atom stereocenters. The number of carbonyl (C=O) groups excluding carboxylic acids is 5. The predicted molar refractivity (Wildman–Crippen MR) is 177 cm³/mol. The predicted octanol–water partition coefficient (Wildman–Crippen LogP) is 1.59. The van der Waals surface area contributed by atoms with Gasteiger partial charge in [-0.05, 0) is 26.7 Å². The van der Waals surface area contributed by atoms with Crippen LogP contribution in [0.15, 0.2) is 0 Å². The number of carboxylic acids is 2. The molecule has 0 saturated carbocycles. The second kappa shape index (κ2) is 25.7. The Labute approximate surface area is 281 Å². The SMILES string of the molecule is CCCCCCCCCCCCCC(=O)N[C@@H](C)C(=O)N[C@H](CCC(N)=O)C(=O)O[C@H](CSC[C@H](N)C(=O)O)C(=O)N[C@H](C)C(=O)O. The van der Waals surface area contributed by atoms with Crippen molar-refractivity contribution in [2.45, 2.75) is 141 Å². The van der Waals surface area contributed by atoms with Crippen LogP contribution in [0.5, 0.6) is 0 Å². The number of carboxylic acid groups (broad SMARTS) is 2. The molecule has 0 aliphatic rings. The van der Waals surface area contributed by atoms with Gasteiger partial charge in [-0.15, -0.1) is 0 Å². The fourth-order valence-electron chi connectivity index (χ4n) is 4.29. The number of aliphatic carboxylic acids is 2. The molecule has 0 bridgehead atoms. The second-order valence-corrected chi connectivity index (χ2v) is 12.7. The highest BCUT2D eigenvalue weighted by atomic mass is 32.2. The van der Waals surface area contributed by atoms with Gasteiger partial charge < -0.3 is 42.4 Å². The number of ether oxygens (including phenoxy) is 1. The van der Waals surface area contributed by atoms with Crippen molar-refractivity contribution in [1.82, 2.24) is 16.0 Å². The molecule has 0 radical (unpaired) electrons. The Balaban J connectivity index is 5.07. The number of rotatable bonds is 28. The number of carbonyl (C=O) groups is 7. The Morgan fingerprint density at radius 1 is 0.702 bits per heavy atom. The van der Waals surface area contributed by atoms with Gasteiger partial charge in [0.05, 0.1) is 0 Å². The monoisotopic (exact) mass is 689 g/mol. The Morgan fingerprint density at radius 2 is 1.26 bits per heavy atom. The summed E-state index contributed by atoms with van der Waals surface area (Å²) in [6, 6.07) is -5.09. The average Bonchev–Trinajstić information content (AvgIpc) is 3.00. The van der Waals surface area contributed by atoms with Crippen LogP contribution in [-0.2, 0) is 38.3 Å². The van der Waals surface area contributed by atoms with Crippen molar-refractivity contribution >= 4 is 53.3 Å². The van der Waals surface area contributed by atoms with Gasteiger partial charge in [-0.25, -0.2) is 4.79 Å². The van der Waals surface area contributed by atoms with Gasteiger partial charge in [0.25, 0.3) is 5.91 Å². The third-order valence-corrected chi connectivity index (χ3v) is 8.36. The van der Waals surface area contributed by atoms with Gasteiger partial charge in [0.2, 0.25) is 17.7 Å². The van der Waals surface area contributed by atoms with Gasteiger partial charge in [0.15, 0.2) is 6.10 Å². The number of esters is 1. The first kappa shape index (κ1) is 43.6. The van der Waals surface area contributed by atoms with Crippen molar-refractivity contribution in [2.24, 2.45) is 11.5 Å². The minimum absolute atomic E-state index is 0.149. The van der Waals surface area contributed by atoms with E-state index in [9.17, 15) is 33.6 Å². The van der Waals surface area contributed by atoms with Gasteiger partial charge in [-0.1, -0.05) is 71.1 Å². The molecule has 0 saturated heterocycles. The van der Waals surface area contributed by atoms with Gasteiger partial charge in [-0.2, -0.15) is 11.8 Å². The summed E-state index contributed by atoms with van der Waals surface area (Å²) in [6.45, 7) is 4.81. The van der Waals surface area contributed by atoms with Crippen LogP contribution in [0.1, 0.15) is 111 Å². The van der Waals surface area contributed by atoms with E-state index in [4.69, 9.17) is 26.4 Å². The van der Waals surface area contributed by atoms with E-state index in [0.717, 1.165) is 31.0 Å². The number of amides is 4. The zero-order chi connectivity index (χ0) is 35.8. The number of nitrogens with one attached hydrogen (secondary N) is 3. The highest BCUT2D eigenvalue weighted by molar-refractivity contribution is 7.99. The minimum Gasteiger partial charge on any atom is -0.480 e. The molecule has 4 amide bonds. The van der Waals surface area contributed by atoms with E-state index in [-0.39, 0.29) is 36.7 Å². The molecule has 0 aromatic carbocycles. The van der Waals surface area contributed by atoms with E-state index in [1.807, 2.05) is 0 Å². The second-order valence-electron chi connectivity index (χ2n) is 11.6. The highest BCUT2D eigenvalue weighted by Crippen LogP contribution is 2.13. The van der Waals surface area contributed by atoms with Crippen molar-refractivity contribution in [3.05, 3.63) is 0 Å². The molecular weight excluding hydrogens is 634 g/mol. The molecule has 0 spiro atoms. The minimum atomic E-state index is -1.59. The van der Waals surface area contributed by atoms with Crippen LogP contribution in [-0.4, -0.2) is 93.5 Å². The molecular formula is C31H55N5O10S. The molecule has 15 nitrogen and oxygen atoms in total. The molecule has 0 aromatic heterocycles. The number of primary amides is 1. The summed E-state index contributed by atoms with van der Waals surface area (Å²) in [5, 5.41) is 25.3. The molecule has 0 aromatic rings. The summed E-state index contributed by atoms with van der Waals surface area (Å²) in [7, 11) is 0. The summed E-state index contributed by atoms with van der Waals surface area (Å²) < 4.78 is 5.31. The van der Waals surface area contributed by atoms with E-state index in [0.29, 0.717) is 6.42 Å². The molecule has 270 valence electrons. The maximum Gasteiger partial charge on any atom is 0.329 e. The van der Waals surface area contributed by atoms with Gasteiger partial charge in [-0.3, -0.25) is 28.8 Å². The number of nitrogens with two attached hydrogens (primary N) is 2. The summed E-state index contributed by atoms with van der Waals surface area (Å²) in [5.74, 6) is -7.02. The van der Waals surface area contributed by atoms with E-state index in [1.165, 1.54) is 58.8 Å². The average molecular weight is 690 g/mol. The zero-order valence-electron chi connectivity index (χ0n) is 27.9. The highest BCUT2D eigenvalue weighted by Gasteiger charge is 2.32. The third kappa shape index (κ3) is 21.9. The standard InChI is InChI=1S/C31H55N5O10S/c1-4-5-6-7-8-9-10-11-12-13-14-15-26(38)34-20(2)27(39)36-23(16-17-25(33)37)31(45)46-24(19-47-18-22(32)30(43)44)28(40)35-21(3)29(41)42/h20-24H,4-19,32H2,1-3H3,(H2,33,37)(H,34,38)(H,35,40)(H,36,39)(H,41,42)(H,43,44)/t20-,21+,22-,23+,24+/m0/s1. The van der Waals surface area contributed by atoms with Crippen LogP contribution < -0.4 is 27.4 Å². The molecule has 16 heteroatoms. The maximum atomic E-state index is 13.1. The van der Waals surface area contributed by atoms with Crippen molar-refractivity contribution in [3.8, 4) is 0 Å². The number of hydrogen-bond donors (Lipinski definition) is 7. The number of hydrogen-bond acceptors (Lipinski definition) is 10. The van der Waals surface area contributed by atoms with Gasteiger partial charge in [0.1, 0.15) is 24.2 Å². The summed E-state index contributed by atoms with van der Waals surface area (Å²) in [4.78, 5) is 84.8. The lowest BCUT2D eigenvalue weighted by Crippen LogP contribution is -2.52. The fourth-order valence-corrected chi connectivity index (χ4v) is 5.25. The molecule has 0 unspecified atom stereocenters. The quantitative estimate of drug-likeness (QED) is 0.0457. The van der Waals surface area contributed by atoms with Crippen molar-refractivity contribution in [3.63, 3.8) is 0 Å². The van der Waals surface area contributed by atoms with Crippen LogP contribution >= 0.6 is 11.8 Å². The van der Waals surface area contributed by atoms with Crippen LogP contribution in [0.25, 0.3) is 0 Å². The van der Waals surface area contributed by atoms with Crippen molar-refractivity contribution in [2.75, 3.05) is 11.5 Å². The van der Waals surface area contributed by atoms with Crippen LogP contribution in [0.2, 0.25) is 0 Å². The Kier molecular flexibility index (Phi) is 23.8. The normalized spacial score (nSPS) is 14.1. The molecule has 0 aliphatic heterocycles. The lowest BCUT2D eigenvalue weighted by atomic mass is 10.1. The number of unbranched alkanes of at least 4 members (excludes halogenated alkanes) is 10. The zero-order valence-corrected chi connectivity index (χ0v) is 28.7. The Morgan fingerprint density at radius 3 is 1.77 bits per heavy atom. The maximum absolute atomic E-state index is 13.1. The van der Waals surface area contributed by atoms with Crippen molar-refractivity contribution < 1.29 is 48.5 Å². The lowest BCUT2D eigenvalue weighted by molar-refractivity contribution is -0.158. The fraction of sp³-hybridized carbons (Fsp3) is 0.774. The largest absolute Gasteiger partial charge is 0.480 e. The number of thioether (sulfide) groups is 1. The lowest BCUT2D eigenvalue weighted by Gasteiger charge is -2.24. The smallest absolute Gasteiger partial charge is 0.329 e.